The molecule has 0 bridgehead atoms. The highest BCUT2D eigenvalue weighted by Gasteiger charge is 2.34. The lowest BCUT2D eigenvalue weighted by molar-refractivity contribution is 0.447. The van der Waals surface area contributed by atoms with Crippen LogP contribution in [-0.2, 0) is 26.4 Å². The van der Waals surface area contributed by atoms with Crippen molar-refractivity contribution in [2.45, 2.75) is 83.5 Å². The van der Waals surface area contributed by atoms with Gasteiger partial charge >= 0.3 is 0 Å². The molecule has 0 aromatic heterocycles. The highest BCUT2D eigenvalue weighted by atomic mass is 79.9. The van der Waals surface area contributed by atoms with Crippen molar-refractivity contribution in [3.8, 4) is 0 Å². The fourth-order valence-electron chi connectivity index (χ4n) is 2.67. The van der Waals surface area contributed by atoms with Crippen molar-refractivity contribution in [3.05, 3.63) is 27.2 Å². The summed E-state index contributed by atoms with van der Waals surface area (Å²) >= 11 is 3.59. The third-order valence-electron chi connectivity index (χ3n) is 3.83. The zero-order chi connectivity index (χ0) is 18.6. The first-order chi connectivity index (χ1) is 9.88. The van der Waals surface area contributed by atoms with Gasteiger partial charge in [0.1, 0.15) is 10.1 Å². The van der Waals surface area contributed by atoms with Crippen LogP contribution in [0.25, 0.3) is 0 Å². The van der Waals surface area contributed by atoms with E-state index in [0.717, 1.165) is 10.0 Å². The second kappa shape index (κ2) is 5.85. The number of benzene rings is 1. The molecule has 0 radical (unpaired) electrons. The first-order valence-corrected chi connectivity index (χ1v) is 9.92. The van der Waals surface area contributed by atoms with Crippen LogP contribution in [-0.4, -0.2) is 13.0 Å². The summed E-state index contributed by atoms with van der Waals surface area (Å²) in [5.74, 6) is 0. The molecule has 0 spiro atoms. The Labute approximate surface area is 149 Å². The molecule has 0 aliphatic rings. The van der Waals surface area contributed by atoms with Crippen LogP contribution in [0.4, 0.5) is 0 Å². The van der Waals surface area contributed by atoms with E-state index in [1.165, 1.54) is 0 Å². The molecule has 0 atom stereocenters. The normalized spacial score (nSPS) is 14.2. The molecule has 0 amide bonds. The highest BCUT2D eigenvalue weighted by molar-refractivity contribution is 9.10. The van der Waals surface area contributed by atoms with Gasteiger partial charge < -0.3 is 4.55 Å². The van der Waals surface area contributed by atoms with Crippen LogP contribution in [0, 0.1) is 0 Å². The maximum Gasteiger partial charge on any atom is 0.125 e. The first kappa shape index (κ1) is 20.7. The lowest BCUT2D eigenvalue weighted by Gasteiger charge is -2.35. The molecule has 3 nitrogen and oxygen atoms in total. The fraction of sp³-hybridized carbons (Fsp3) is 0.667. The summed E-state index contributed by atoms with van der Waals surface area (Å²) in [5.41, 5.74) is 1.07. The van der Waals surface area contributed by atoms with E-state index in [1.54, 1.807) is 0 Å². The van der Waals surface area contributed by atoms with E-state index >= 15 is 0 Å². The maximum absolute atomic E-state index is 12.1. The summed E-state index contributed by atoms with van der Waals surface area (Å²) in [4.78, 5) is -0.0719. The molecule has 5 heteroatoms. The third kappa shape index (κ3) is 4.37. The first-order valence-electron chi connectivity index (χ1n) is 7.72. The van der Waals surface area contributed by atoms with Gasteiger partial charge in [-0.1, -0.05) is 84.3 Å². The standard InChI is InChI=1S/C18H29BrO3S/c1-16(2,3)11-10-12(17(4,5)6)15(23(20,21)22)13(14(11)19)18(7,8)9/h10H,1-9H3,(H,20,21,22)/p-1. The molecule has 0 N–H and O–H groups in total. The van der Waals surface area contributed by atoms with Gasteiger partial charge in [0, 0.05) is 4.47 Å². The average Bonchev–Trinajstić information content (AvgIpc) is 2.21. The van der Waals surface area contributed by atoms with Crippen molar-refractivity contribution in [1.82, 2.24) is 0 Å². The Hall–Kier alpha value is -0.390. The summed E-state index contributed by atoms with van der Waals surface area (Å²) in [7, 11) is -4.60. The molecule has 0 aliphatic carbocycles. The van der Waals surface area contributed by atoms with Crippen LogP contribution in [0.15, 0.2) is 15.4 Å². The summed E-state index contributed by atoms with van der Waals surface area (Å²) in [6, 6.07) is 1.88. The molecule has 1 aromatic rings. The smallest absolute Gasteiger partial charge is 0.125 e. The fourth-order valence-corrected chi connectivity index (χ4v) is 5.60. The summed E-state index contributed by atoms with van der Waals surface area (Å²) in [6.07, 6.45) is 0. The van der Waals surface area contributed by atoms with E-state index in [2.05, 4.69) is 36.7 Å². The highest BCUT2D eigenvalue weighted by Crippen LogP contribution is 2.45. The van der Waals surface area contributed by atoms with Gasteiger partial charge in [-0.15, -0.1) is 0 Å². The van der Waals surface area contributed by atoms with Crippen LogP contribution >= 0.6 is 15.9 Å². The zero-order valence-electron chi connectivity index (χ0n) is 15.6. The Morgan fingerprint density at radius 3 is 1.48 bits per heavy atom. The Kier molecular flexibility index (Phi) is 5.25. The van der Waals surface area contributed by atoms with Crippen molar-refractivity contribution >= 4 is 26.0 Å². The topological polar surface area (TPSA) is 57.2 Å². The van der Waals surface area contributed by atoms with Gasteiger partial charge in [0.25, 0.3) is 0 Å². The van der Waals surface area contributed by atoms with Crippen molar-refractivity contribution in [2.24, 2.45) is 0 Å². The van der Waals surface area contributed by atoms with Gasteiger partial charge in [-0.05, 0) is 32.9 Å². The molecule has 0 unspecified atom stereocenters. The van der Waals surface area contributed by atoms with Gasteiger partial charge in [0.15, 0.2) is 0 Å². The monoisotopic (exact) mass is 403 g/mol. The van der Waals surface area contributed by atoms with E-state index in [4.69, 9.17) is 0 Å². The molecule has 23 heavy (non-hydrogen) atoms. The Balaban J connectivity index is 4.22. The van der Waals surface area contributed by atoms with Crippen molar-refractivity contribution in [3.63, 3.8) is 0 Å². The molecule has 1 aromatic carbocycles. The van der Waals surface area contributed by atoms with Crippen molar-refractivity contribution in [2.75, 3.05) is 0 Å². The summed E-state index contributed by atoms with van der Waals surface area (Å²) < 4.78 is 37.0. The number of rotatable bonds is 1. The Morgan fingerprint density at radius 2 is 1.22 bits per heavy atom. The molecule has 0 fully saturated rings. The number of halogens is 1. The minimum absolute atomic E-state index is 0.0719. The van der Waals surface area contributed by atoms with Gasteiger partial charge in [0.05, 0.1) is 4.90 Å². The van der Waals surface area contributed by atoms with Gasteiger partial charge in [-0.3, -0.25) is 0 Å². The maximum atomic E-state index is 12.1. The zero-order valence-corrected chi connectivity index (χ0v) is 18.0. The van der Waals surface area contributed by atoms with Crippen molar-refractivity contribution < 1.29 is 13.0 Å². The second-order valence-electron chi connectivity index (χ2n) is 9.19. The lowest BCUT2D eigenvalue weighted by Crippen LogP contribution is -2.27. The number of hydrogen-bond donors (Lipinski definition) is 0. The molecule has 0 saturated carbocycles. The van der Waals surface area contributed by atoms with E-state index in [-0.39, 0.29) is 10.3 Å². The average molecular weight is 404 g/mol. The summed E-state index contributed by atoms with van der Waals surface area (Å²) in [5, 5.41) is 0. The quantitative estimate of drug-likeness (QED) is 0.601. The molecule has 0 aliphatic heterocycles. The lowest BCUT2D eigenvalue weighted by atomic mass is 9.75. The van der Waals surface area contributed by atoms with E-state index in [9.17, 15) is 13.0 Å². The minimum atomic E-state index is -4.60. The van der Waals surface area contributed by atoms with E-state index < -0.39 is 20.9 Å². The van der Waals surface area contributed by atoms with Crippen LogP contribution < -0.4 is 0 Å². The van der Waals surface area contributed by atoms with Gasteiger partial charge in [0.2, 0.25) is 0 Å². The second-order valence-corrected chi connectivity index (χ2v) is 11.3. The Morgan fingerprint density at radius 1 is 0.826 bits per heavy atom. The van der Waals surface area contributed by atoms with Crippen LogP contribution in [0.2, 0.25) is 0 Å². The molecular weight excluding hydrogens is 376 g/mol. The van der Waals surface area contributed by atoms with Crippen LogP contribution in [0.5, 0.6) is 0 Å². The largest absolute Gasteiger partial charge is 0.744 e. The predicted molar refractivity (Wildman–Crippen MR) is 98.2 cm³/mol. The molecule has 0 saturated heterocycles. The molecule has 0 heterocycles. The molecule has 1 rings (SSSR count). The van der Waals surface area contributed by atoms with Crippen molar-refractivity contribution in [1.29, 1.82) is 0 Å². The van der Waals surface area contributed by atoms with E-state index in [1.807, 2.05) is 47.6 Å². The molecular formula is C18H28BrO3S-. The third-order valence-corrected chi connectivity index (χ3v) is 5.58. The molecule has 132 valence electrons. The minimum Gasteiger partial charge on any atom is -0.744 e. The predicted octanol–water partition coefficient (Wildman–Crippen LogP) is 5.25. The SMILES string of the molecule is CC(C)(C)c1cc(C(C)(C)C)c(S(=O)(=O)[O-])c(C(C)(C)C)c1Br. The van der Waals surface area contributed by atoms with Crippen LogP contribution in [0.1, 0.15) is 79.0 Å². The summed E-state index contributed by atoms with van der Waals surface area (Å²) in [6.45, 7) is 17.8. The van der Waals surface area contributed by atoms with Gasteiger partial charge in [-0.25, -0.2) is 8.42 Å². The van der Waals surface area contributed by atoms with E-state index in [0.29, 0.717) is 11.1 Å². The van der Waals surface area contributed by atoms with Gasteiger partial charge in [-0.2, -0.15) is 0 Å². The van der Waals surface area contributed by atoms with Crippen LogP contribution in [0.3, 0.4) is 0 Å². The number of hydrogen-bond acceptors (Lipinski definition) is 3. The Bertz CT molecular complexity index is 713.